The molecule has 0 amide bonds. The lowest BCUT2D eigenvalue weighted by molar-refractivity contribution is 0.572. The van der Waals surface area contributed by atoms with E-state index in [2.05, 4.69) is 34.8 Å². The molecule has 3 heteroatoms. The Kier molecular flexibility index (Phi) is 2.00. The molecule has 0 unspecified atom stereocenters. The van der Waals surface area contributed by atoms with E-state index in [1.54, 1.807) is 0 Å². The highest BCUT2D eigenvalue weighted by Crippen LogP contribution is 2.37. The quantitative estimate of drug-likeness (QED) is 0.672. The third-order valence-corrected chi connectivity index (χ3v) is 3.08. The van der Waals surface area contributed by atoms with Crippen LogP contribution in [0.1, 0.15) is 25.0 Å². The molecule has 0 spiro atoms. The average Bonchev–Trinajstić information content (AvgIpc) is 2.22. The van der Waals surface area contributed by atoms with E-state index in [4.69, 9.17) is 11.6 Å². The molecule has 1 heterocycles. The van der Waals surface area contributed by atoms with Gasteiger partial charge in [0.2, 0.25) is 0 Å². The number of nitrogens with zero attached hydrogens (tertiary/aromatic N) is 1. The first kappa shape index (κ1) is 9.22. The van der Waals surface area contributed by atoms with E-state index in [0.717, 1.165) is 15.2 Å². The maximum absolute atomic E-state index is 5.91. The Morgan fingerprint density at radius 2 is 2.08 bits per heavy atom. The van der Waals surface area contributed by atoms with Crippen molar-refractivity contribution >= 4 is 32.2 Å². The van der Waals surface area contributed by atoms with Crippen molar-refractivity contribution in [1.82, 2.24) is 0 Å². The van der Waals surface area contributed by atoms with Crippen LogP contribution >= 0.6 is 27.5 Å². The van der Waals surface area contributed by atoms with Crippen molar-refractivity contribution in [2.75, 3.05) is 0 Å². The SMILES string of the molecule is CC1(C)N=C(Br)c2cc(Cl)ccc21. The van der Waals surface area contributed by atoms with Gasteiger partial charge >= 0.3 is 0 Å². The van der Waals surface area contributed by atoms with Gasteiger partial charge in [0.25, 0.3) is 0 Å². The second-order valence-electron chi connectivity index (χ2n) is 3.65. The van der Waals surface area contributed by atoms with Crippen molar-refractivity contribution in [2.24, 2.45) is 4.99 Å². The van der Waals surface area contributed by atoms with Crippen LogP contribution in [0.3, 0.4) is 0 Å². The Labute approximate surface area is 91.0 Å². The minimum absolute atomic E-state index is 0.126. The fourth-order valence-electron chi connectivity index (χ4n) is 1.59. The minimum Gasteiger partial charge on any atom is -0.266 e. The molecule has 13 heavy (non-hydrogen) atoms. The summed E-state index contributed by atoms with van der Waals surface area (Å²) in [5, 5.41) is 0.753. The molecule has 0 bridgehead atoms. The molecule has 1 nitrogen and oxygen atoms in total. The fourth-order valence-corrected chi connectivity index (χ4v) is 2.53. The van der Waals surface area contributed by atoms with Crippen molar-refractivity contribution < 1.29 is 0 Å². The molecule has 0 saturated heterocycles. The molecule has 1 aromatic rings. The van der Waals surface area contributed by atoms with E-state index in [-0.39, 0.29) is 5.54 Å². The minimum atomic E-state index is -0.126. The lowest BCUT2D eigenvalue weighted by Gasteiger charge is -2.15. The lowest BCUT2D eigenvalue weighted by Crippen LogP contribution is -2.09. The number of fused-ring (bicyclic) bond motifs is 1. The van der Waals surface area contributed by atoms with Crippen LogP contribution in [0.2, 0.25) is 5.02 Å². The fraction of sp³-hybridized carbons (Fsp3) is 0.300. The molecule has 0 radical (unpaired) electrons. The van der Waals surface area contributed by atoms with E-state index in [9.17, 15) is 0 Å². The lowest BCUT2D eigenvalue weighted by atomic mass is 9.94. The summed E-state index contributed by atoms with van der Waals surface area (Å²) in [4.78, 5) is 4.50. The Bertz CT molecular complexity index is 396. The zero-order valence-corrected chi connectivity index (χ0v) is 9.78. The number of hydrogen-bond donors (Lipinski definition) is 0. The third-order valence-electron chi connectivity index (χ3n) is 2.24. The van der Waals surface area contributed by atoms with Gasteiger partial charge in [0.05, 0.1) is 5.54 Å². The molecule has 0 aliphatic carbocycles. The largest absolute Gasteiger partial charge is 0.266 e. The van der Waals surface area contributed by atoms with E-state index >= 15 is 0 Å². The second-order valence-corrected chi connectivity index (χ2v) is 4.84. The van der Waals surface area contributed by atoms with Gasteiger partial charge in [-0.2, -0.15) is 0 Å². The second kappa shape index (κ2) is 2.82. The highest BCUT2D eigenvalue weighted by atomic mass is 79.9. The Morgan fingerprint density at radius 3 is 2.77 bits per heavy atom. The van der Waals surface area contributed by atoms with Crippen molar-refractivity contribution in [3.8, 4) is 0 Å². The van der Waals surface area contributed by atoms with Crippen LogP contribution in [-0.2, 0) is 5.54 Å². The average molecular weight is 259 g/mol. The maximum Gasteiger partial charge on any atom is 0.109 e. The topological polar surface area (TPSA) is 12.4 Å². The monoisotopic (exact) mass is 257 g/mol. The first-order chi connectivity index (χ1) is 6.00. The summed E-state index contributed by atoms with van der Waals surface area (Å²) >= 11 is 9.34. The molecule has 0 fully saturated rings. The summed E-state index contributed by atoms with van der Waals surface area (Å²) in [6.07, 6.45) is 0. The highest BCUT2D eigenvalue weighted by molar-refractivity contribution is 9.18. The summed E-state index contributed by atoms with van der Waals surface area (Å²) in [5.41, 5.74) is 2.21. The molecule has 2 rings (SSSR count). The predicted octanol–water partition coefficient (Wildman–Crippen LogP) is 3.73. The van der Waals surface area contributed by atoms with Gasteiger partial charge in [0.1, 0.15) is 4.62 Å². The number of halogens is 2. The van der Waals surface area contributed by atoms with E-state index in [1.807, 2.05) is 18.2 Å². The highest BCUT2D eigenvalue weighted by Gasteiger charge is 2.30. The zero-order chi connectivity index (χ0) is 9.64. The zero-order valence-electron chi connectivity index (χ0n) is 7.44. The summed E-state index contributed by atoms with van der Waals surface area (Å²) in [7, 11) is 0. The number of rotatable bonds is 0. The van der Waals surface area contributed by atoms with Gasteiger partial charge in [-0.3, -0.25) is 4.99 Å². The molecule has 68 valence electrons. The van der Waals surface area contributed by atoms with Crippen molar-refractivity contribution in [3.05, 3.63) is 34.3 Å². The van der Waals surface area contributed by atoms with Crippen LogP contribution in [0, 0.1) is 0 Å². The van der Waals surface area contributed by atoms with E-state index in [1.165, 1.54) is 5.56 Å². The van der Waals surface area contributed by atoms with Crippen LogP contribution in [0.25, 0.3) is 0 Å². The molecule has 1 aromatic carbocycles. The Balaban J connectivity index is 2.67. The van der Waals surface area contributed by atoms with Gasteiger partial charge in [-0.25, -0.2) is 0 Å². The molecule has 1 aliphatic heterocycles. The number of hydrogen-bond acceptors (Lipinski definition) is 1. The van der Waals surface area contributed by atoms with Gasteiger partial charge in [-0.15, -0.1) is 0 Å². The summed E-state index contributed by atoms with van der Waals surface area (Å²) in [6.45, 7) is 4.18. The van der Waals surface area contributed by atoms with Crippen molar-refractivity contribution in [2.45, 2.75) is 19.4 Å². The molecule has 0 atom stereocenters. The summed E-state index contributed by atoms with van der Waals surface area (Å²) < 4.78 is 0.898. The molecule has 0 N–H and O–H groups in total. The van der Waals surface area contributed by atoms with Crippen LogP contribution in [0.5, 0.6) is 0 Å². The van der Waals surface area contributed by atoms with Gasteiger partial charge in [0, 0.05) is 10.6 Å². The molecule has 0 saturated carbocycles. The Morgan fingerprint density at radius 1 is 1.38 bits per heavy atom. The number of aliphatic imine (C=N–C) groups is 1. The summed E-state index contributed by atoms with van der Waals surface area (Å²) in [6, 6.07) is 5.89. The van der Waals surface area contributed by atoms with Crippen molar-refractivity contribution in [3.63, 3.8) is 0 Å². The smallest absolute Gasteiger partial charge is 0.109 e. The predicted molar refractivity (Wildman–Crippen MR) is 59.9 cm³/mol. The van der Waals surface area contributed by atoms with Gasteiger partial charge in [-0.1, -0.05) is 17.7 Å². The normalized spacial score (nSPS) is 18.3. The standard InChI is InChI=1S/C10H9BrClN/c1-10(2)8-4-3-6(12)5-7(8)9(11)13-10/h3-5H,1-2H3. The summed E-state index contributed by atoms with van der Waals surface area (Å²) in [5.74, 6) is 0. The van der Waals surface area contributed by atoms with E-state index < -0.39 is 0 Å². The van der Waals surface area contributed by atoms with Crippen LogP contribution in [-0.4, -0.2) is 4.62 Å². The number of benzene rings is 1. The van der Waals surface area contributed by atoms with Gasteiger partial charge in [-0.05, 0) is 47.5 Å². The van der Waals surface area contributed by atoms with Crippen LogP contribution in [0.4, 0.5) is 0 Å². The maximum atomic E-state index is 5.91. The van der Waals surface area contributed by atoms with Crippen molar-refractivity contribution in [1.29, 1.82) is 0 Å². The van der Waals surface area contributed by atoms with Crippen LogP contribution in [0.15, 0.2) is 23.2 Å². The Hall–Kier alpha value is -0.340. The first-order valence-electron chi connectivity index (χ1n) is 4.06. The van der Waals surface area contributed by atoms with Gasteiger partial charge < -0.3 is 0 Å². The first-order valence-corrected chi connectivity index (χ1v) is 5.23. The molecular formula is C10H9BrClN. The van der Waals surface area contributed by atoms with Crippen LogP contribution < -0.4 is 0 Å². The third kappa shape index (κ3) is 1.42. The van der Waals surface area contributed by atoms with Gasteiger partial charge in [0.15, 0.2) is 0 Å². The molecule has 0 aromatic heterocycles. The molecular weight excluding hydrogens is 249 g/mol. The molecule has 1 aliphatic rings. The van der Waals surface area contributed by atoms with E-state index in [0.29, 0.717) is 0 Å².